The van der Waals surface area contributed by atoms with Crippen LogP contribution in [0.1, 0.15) is 6.92 Å². The Morgan fingerprint density at radius 2 is 1.89 bits per heavy atom. The van der Waals surface area contributed by atoms with Gasteiger partial charge in [0.05, 0.1) is 12.0 Å². The Balaban J connectivity index is 2.94. The summed E-state index contributed by atoms with van der Waals surface area (Å²) in [7, 11) is -0.743. The maximum absolute atomic E-state index is 11.6. The molecule has 0 aliphatic heterocycles. The van der Waals surface area contributed by atoms with Crippen LogP contribution < -0.4 is 9.62 Å². The van der Waals surface area contributed by atoms with E-state index in [4.69, 9.17) is 0 Å². The molecule has 0 saturated heterocycles. The molecule has 0 fully saturated rings. The van der Waals surface area contributed by atoms with Crippen LogP contribution in [0.2, 0.25) is 0 Å². The highest BCUT2D eigenvalue weighted by Gasteiger charge is 2.13. The Hall–Kier alpha value is -1.60. The van der Waals surface area contributed by atoms with Gasteiger partial charge in [-0.3, -0.25) is 4.79 Å². The minimum absolute atomic E-state index is 0.130. The zero-order valence-electron chi connectivity index (χ0n) is 11.2. The number of rotatable bonds is 6. The first kappa shape index (κ1) is 15.5. The summed E-state index contributed by atoms with van der Waals surface area (Å²) in [5, 5.41) is 0. The van der Waals surface area contributed by atoms with E-state index >= 15 is 0 Å². The second-order valence-electron chi connectivity index (χ2n) is 3.79. The van der Waals surface area contributed by atoms with E-state index < -0.39 is 10.0 Å². The molecule has 0 unspecified atom stereocenters. The number of benzene rings is 1. The minimum Gasteiger partial charge on any atom is -0.468 e. The van der Waals surface area contributed by atoms with Crippen molar-refractivity contribution in [2.45, 2.75) is 11.8 Å². The molecule has 1 aromatic carbocycles. The monoisotopic (exact) mass is 286 g/mol. The van der Waals surface area contributed by atoms with Crippen molar-refractivity contribution in [1.29, 1.82) is 0 Å². The topological polar surface area (TPSA) is 75.7 Å². The molecule has 0 bridgehead atoms. The van der Waals surface area contributed by atoms with E-state index in [0.29, 0.717) is 6.54 Å². The zero-order chi connectivity index (χ0) is 14.5. The van der Waals surface area contributed by atoms with Crippen molar-refractivity contribution in [2.24, 2.45) is 0 Å². The van der Waals surface area contributed by atoms with Gasteiger partial charge in [-0.25, -0.2) is 13.1 Å². The zero-order valence-corrected chi connectivity index (χ0v) is 12.0. The first-order chi connectivity index (χ1) is 8.94. The summed E-state index contributed by atoms with van der Waals surface area (Å²) in [5.74, 6) is -0.339. The SMILES string of the molecule is CCN(CC(=O)OC)c1ccc(S(=O)(=O)NC)cc1. The minimum atomic E-state index is -3.44. The molecule has 1 aromatic rings. The summed E-state index contributed by atoms with van der Waals surface area (Å²) >= 11 is 0. The standard InChI is InChI=1S/C12H18N2O4S/c1-4-14(9-12(15)18-3)10-5-7-11(8-6-10)19(16,17)13-2/h5-8,13H,4,9H2,1-3H3. The number of sulfonamides is 1. The third-order valence-corrected chi connectivity index (χ3v) is 4.14. The van der Waals surface area contributed by atoms with Gasteiger partial charge in [-0.1, -0.05) is 0 Å². The number of esters is 1. The molecule has 0 spiro atoms. The van der Waals surface area contributed by atoms with Gasteiger partial charge in [-0.15, -0.1) is 0 Å². The summed E-state index contributed by atoms with van der Waals surface area (Å²) < 4.78 is 30.0. The second-order valence-corrected chi connectivity index (χ2v) is 5.68. The molecule has 0 heterocycles. The van der Waals surface area contributed by atoms with E-state index in [0.717, 1.165) is 5.69 Å². The molecule has 0 atom stereocenters. The van der Waals surface area contributed by atoms with Gasteiger partial charge in [0.2, 0.25) is 10.0 Å². The van der Waals surface area contributed by atoms with Crippen LogP contribution in [-0.2, 0) is 19.6 Å². The number of likely N-dealkylation sites (N-methyl/N-ethyl adjacent to an activating group) is 1. The highest BCUT2D eigenvalue weighted by Crippen LogP contribution is 2.17. The Labute approximate surface area is 113 Å². The van der Waals surface area contributed by atoms with Gasteiger partial charge in [0, 0.05) is 12.2 Å². The lowest BCUT2D eigenvalue weighted by Gasteiger charge is -2.21. The predicted molar refractivity (Wildman–Crippen MR) is 72.6 cm³/mol. The van der Waals surface area contributed by atoms with E-state index in [1.165, 1.54) is 26.3 Å². The largest absolute Gasteiger partial charge is 0.468 e. The van der Waals surface area contributed by atoms with E-state index in [-0.39, 0.29) is 17.4 Å². The third kappa shape index (κ3) is 3.93. The lowest BCUT2D eigenvalue weighted by Crippen LogP contribution is -2.30. The van der Waals surface area contributed by atoms with Gasteiger partial charge in [-0.05, 0) is 38.2 Å². The summed E-state index contributed by atoms with van der Waals surface area (Å²) in [4.78, 5) is 13.2. The normalized spacial score (nSPS) is 11.1. The van der Waals surface area contributed by atoms with Crippen LogP contribution in [0, 0.1) is 0 Å². The van der Waals surface area contributed by atoms with Gasteiger partial charge in [0.25, 0.3) is 0 Å². The van der Waals surface area contributed by atoms with Gasteiger partial charge in [0.1, 0.15) is 6.54 Å². The third-order valence-electron chi connectivity index (χ3n) is 2.71. The molecule has 6 nitrogen and oxygen atoms in total. The van der Waals surface area contributed by atoms with Crippen LogP contribution in [0.4, 0.5) is 5.69 Å². The van der Waals surface area contributed by atoms with Crippen molar-refractivity contribution in [1.82, 2.24) is 4.72 Å². The van der Waals surface area contributed by atoms with Crippen LogP contribution >= 0.6 is 0 Å². The molecular weight excluding hydrogens is 268 g/mol. The van der Waals surface area contributed by atoms with Gasteiger partial charge < -0.3 is 9.64 Å². The van der Waals surface area contributed by atoms with Gasteiger partial charge >= 0.3 is 5.97 Å². The van der Waals surface area contributed by atoms with Crippen LogP contribution in [0.3, 0.4) is 0 Å². The van der Waals surface area contributed by atoms with E-state index in [1.54, 1.807) is 17.0 Å². The summed E-state index contributed by atoms with van der Waals surface area (Å²) in [6.07, 6.45) is 0. The van der Waals surface area contributed by atoms with E-state index in [1.807, 2.05) is 6.92 Å². The summed E-state index contributed by atoms with van der Waals surface area (Å²) in [5.41, 5.74) is 0.767. The highest BCUT2D eigenvalue weighted by molar-refractivity contribution is 7.89. The molecule has 106 valence electrons. The van der Waals surface area contributed by atoms with Gasteiger partial charge in [-0.2, -0.15) is 0 Å². The molecule has 0 aliphatic rings. The Bertz CT molecular complexity index is 525. The van der Waals surface area contributed by atoms with E-state index in [2.05, 4.69) is 9.46 Å². The van der Waals surface area contributed by atoms with Crippen molar-refractivity contribution < 1.29 is 17.9 Å². The van der Waals surface area contributed by atoms with Crippen LogP contribution in [-0.4, -0.2) is 41.6 Å². The van der Waals surface area contributed by atoms with Crippen molar-refractivity contribution in [3.63, 3.8) is 0 Å². The number of carbonyl (C=O) groups is 1. The molecule has 0 amide bonds. The number of methoxy groups -OCH3 is 1. The van der Waals surface area contributed by atoms with Crippen molar-refractivity contribution in [3.05, 3.63) is 24.3 Å². The highest BCUT2D eigenvalue weighted by atomic mass is 32.2. The Kier molecular flexibility index (Phi) is 5.31. The Morgan fingerprint density at radius 1 is 1.32 bits per heavy atom. The lowest BCUT2D eigenvalue weighted by molar-refractivity contribution is -0.138. The van der Waals surface area contributed by atoms with Crippen LogP contribution in [0.5, 0.6) is 0 Å². The number of hydrogen-bond acceptors (Lipinski definition) is 5. The number of anilines is 1. The first-order valence-corrected chi connectivity index (χ1v) is 7.28. The number of hydrogen-bond donors (Lipinski definition) is 1. The second kappa shape index (κ2) is 6.53. The molecule has 0 aromatic heterocycles. The maximum atomic E-state index is 11.6. The number of carbonyl (C=O) groups excluding carboxylic acids is 1. The predicted octanol–water partition coefficient (Wildman–Crippen LogP) is 0.594. The molecule has 0 saturated carbocycles. The molecule has 19 heavy (non-hydrogen) atoms. The lowest BCUT2D eigenvalue weighted by atomic mass is 10.3. The molecule has 0 aliphatic carbocycles. The summed E-state index contributed by atoms with van der Waals surface area (Å²) in [6.45, 7) is 2.65. The summed E-state index contributed by atoms with van der Waals surface area (Å²) in [6, 6.07) is 6.33. The van der Waals surface area contributed by atoms with Crippen molar-refractivity contribution >= 4 is 21.7 Å². The fourth-order valence-electron chi connectivity index (χ4n) is 1.56. The number of ether oxygens (including phenoxy) is 1. The van der Waals surface area contributed by atoms with Crippen LogP contribution in [0.15, 0.2) is 29.2 Å². The van der Waals surface area contributed by atoms with Crippen LogP contribution in [0.25, 0.3) is 0 Å². The number of nitrogens with zero attached hydrogens (tertiary/aromatic N) is 1. The molecular formula is C12H18N2O4S. The van der Waals surface area contributed by atoms with E-state index in [9.17, 15) is 13.2 Å². The average molecular weight is 286 g/mol. The molecule has 7 heteroatoms. The quantitative estimate of drug-likeness (QED) is 0.775. The van der Waals surface area contributed by atoms with Gasteiger partial charge in [0.15, 0.2) is 0 Å². The van der Waals surface area contributed by atoms with Crippen molar-refractivity contribution in [3.8, 4) is 0 Å². The maximum Gasteiger partial charge on any atom is 0.325 e. The van der Waals surface area contributed by atoms with Crippen molar-refractivity contribution in [2.75, 3.05) is 32.1 Å². The fourth-order valence-corrected chi connectivity index (χ4v) is 2.29. The number of nitrogens with one attached hydrogen (secondary N) is 1. The Morgan fingerprint density at radius 3 is 2.32 bits per heavy atom. The smallest absolute Gasteiger partial charge is 0.325 e. The fraction of sp³-hybridized carbons (Fsp3) is 0.417. The molecule has 1 rings (SSSR count). The molecule has 1 N–H and O–H groups in total. The molecule has 0 radical (unpaired) electrons. The first-order valence-electron chi connectivity index (χ1n) is 5.80. The average Bonchev–Trinajstić information content (AvgIpc) is 2.44.